The number of anilines is 2. The van der Waals surface area contributed by atoms with Gasteiger partial charge in [0.2, 0.25) is 0 Å². The van der Waals surface area contributed by atoms with Gasteiger partial charge in [0.1, 0.15) is 34.5 Å². The van der Waals surface area contributed by atoms with Crippen LogP contribution in [0.3, 0.4) is 0 Å². The third kappa shape index (κ3) is 8.24. The molecule has 5 aromatic carbocycles. The summed E-state index contributed by atoms with van der Waals surface area (Å²) >= 11 is 0. The van der Waals surface area contributed by atoms with Crippen molar-refractivity contribution in [3.8, 4) is 34.5 Å². The molecule has 13 nitrogen and oxygen atoms in total. The van der Waals surface area contributed by atoms with Crippen molar-refractivity contribution in [3.63, 3.8) is 0 Å². The summed E-state index contributed by atoms with van der Waals surface area (Å²) in [7, 11) is -0.987. The van der Waals surface area contributed by atoms with Crippen molar-refractivity contribution >= 4 is 27.7 Å². The van der Waals surface area contributed by atoms with Gasteiger partial charge in [0.25, 0.3) is 0 Å². The number of rotatable bonds is 2. The summed E-state index contributed by atoms with van der Waals surface area (Å²) in [5.41, 5.74) is 3.30. The van der Waals surface area contributed by atoms with E-state index in [1.54, 1.807) is 48.5 Å². The quantitative estimate of drug-likeness (QED) is 0.0624. The predicted molar refractivity (Wildman–Crippen MR) is 178 cm³/mol. The van der Waals surface area contributed by atoms with Crippen LogP contribution in [0.4, 0.5) is 11.4 Å². The van der Waals surface area contributed by atoms with E-state index in [1.807, 2.05) is 50.5 Å². The van der Waals surface area contributed by atoms with E-state index < -0.39 is 22.0 Å². The van der Waals surface area contributed by atoms with Crippen molar-refractivity contribution in [2.45, 2.75) is 5.60 Å². The molecular formula is C34H32N2O11S. The van der Waals surface area contributed by atoms with Crippen LogP contribution in [0, 0.1) is 0 Å². The number of aromatic hydroxyl groups is 4. The van der Waals surface area contributed by atoms with E-state index in [9.17, 15) is 15.0 Å². The average Bonchev–Trinajstić information content (AvgIpc) is 3.34. The summed E-state index contributed by atoms with van der Waals surface area (Å²) in [5, 5.41) is 43.2. The largest absolute Gasteiger partial charge is 0.508 e. The van der Waals surface area contributed by atoms with E-state index in [0.29, 0.717) is 45.3 Å². The summed E-state index contributed by atoms with van der Waals surface area (Å²) in [6.07, 6.45) is 0. The van der Waals surface area contributed by atoms with Crippen LogP contribution in [0.15, 0.2) is 109 Å². The molecule has 0 bridgehead atoms. The highest BCUT2D eigenvalue weighted by atomic mass is 32.3. The van der Waals surface area contributed by atoms with Crippen molar-refractivity contribution in [1.82, 2.24) is 0 Å². The number of benzene rings is 5. The second-order valence-corrected chi connectivity index (χ2v) is 11.0. The van der Waals surface area contributed by atoms with Crippen molar-refractivity contribution < 1.29 is 52.2 Å². The van der Waals surface area contributed by atoms with Gasteiger partial charge in [-0.2, -0.15) is 8.42 Å². The van der Waals surface area contributed by atoms with Crippen LogP contribution in [-0.2, 0) is 20.7 Å². The molecule has 2 aliphatic rings. The lowest BCUT2D eigenvalue weighted by molar-refractivity contribution is 0.0224. The minimum Gasteiger partial charge on any atom is -0.508 e. The zero-order chi connectivity index (χ0) is 35.1. The third-order valence-electron chi connectivity index (χ3n) is 6.99. The van der Waals surface area contributed by atoms with Gasteiger partial charge in [-0.15, -0.1) is 0 Å². The van der Waals surface area contributed by atoms with E-state index in [4.69, 9.17) is 37.2 Å². The molecule has 2 heterocycles. The van der Waals surface area contributed by atoms with Gasteiger partial charge in [0, 0.05) is 54.3 Å². The molecule has 2 aliphatic heterocycles. The number of hydrogen-bond donors (Lipinski definition) is 8. The predicted octanol–water partition coefficient (Wildman–Crippen LogP) is 5.88. The highest BCUT2D eigenvalue weighted by molar-refractivity contribution is 7.79. The molecule has 1 spiro atoms. The summed E-state index contributed by atoms with van der Waals surface area (Å²) in [6, 6.07) is 30.4. The zero-order valence-electron chi connectivity index (χ0n) is 25.5. The minimum atomic E-state index is -4.67. The Labute approximate surface area is 275 Å². The molecule has 0 aliphatic carbocycles. The van der Waals surface area contributed by atoms with Gasteiger partial charge < -0.3 is 40.5 Å². The fourth-order valence-corrected chi connectivity index (χ4v) is 4.91. The van der Waals surface area contributed by atoms with Crippen LogP contribution in [0.25, 0.3) is 0 Å². The highest BCUT2D eigenvalue weighted by Crippen LogP contribution is 2.56. The fourth-order valence-electron chi connectivity index (χ4n) is 4.91. The number of hydrogen-bond acceptors (Lipinski definition) is 11. The van der Waals surface area contributed by atoms with Crippen LogP contribution in [0.2, 0.25) is 0 Å². The summed E-state index contributed by atoms with van der Waals surface area (Å²) < 4.78 is 43.4. The van der Waals surface area contributed by atoms with Crippen LogP contribution in [-0.4, -0.2) is 58.0 Å². The molecule has 0 unspecified atom stereocenters. The maximum Gasteiger partial charge on any atom is 0.394 e. The van der Waals surface area contributed by atoms with Gasteiger partial charge in [-0.05, 0) is 78.9 Å². The van der Waals surface area contributed by atoms with Gasteiger partial charge in [-0.1, -0.05) is 18.2 Å². The van der Waals surface area contributed by atoms with Gasteiger partial charge in [0.15, 0.2) is 5.60 Å². The van der Waals surface area contributed by atoms with Gasteiger partial charge >= 0.3 is 16.4 Å². The molecule has 0 fully saturated rings. The second-order valence-electron chi connectivity index (χ2n) is 10.1. The standard InChI is InChI=1S/C20H12O5.2C7H9NO.H2O4S/c21-11-5-7-15-17(9-11)24-18-10-12(22)6-8-16(18)20(15)14-4-2-1-3-13(14)19(23)25-20;2*1-8-6-2-4-7(9)5-3-6;1-5(2,3)4/h1-10,21-22H;2*2-5,8-9H,1H3;(H2,1,2,3,4). The molecule has 48 heavy (non-hydrogen) atoms. The maximum absolute atomic E-state index is 12.5. The molecule has 0 amide bonds. The number of carbonyl (C=O) groups is 1. The number of phenolic OH excluding ortho intramolecular Hbond substituents is 4. The van der Waals surface area contributed by atoms with E-state index in [2.05, 4.69) is 10.6 Å². The van der Waals surface area contributed by atoms with Crippen LogP contribution in [0.1, 0.15) is 27.0 Å². The van der Waals surface area contributed by atoms with Gasteiger partial charge in [0.05, 0.1) is 5.56 Å². The number of ether oxygens (including phenoxy) is 2. The number of carbonyl (C=O) groups excluding carboxylic acids is 1. The number of nitrogens with one attached hydrogen (secondary N) is 2. The Morgan fingerprint density at radius 1 is 0.583 bits per heavy atom. The number of phenols is 4. The molecule has 7 rings (SSSR count). The topological polar surface area (TPSA) is 215 Å². The molecule has 0 radical (unpaired) electrons. The summed E-state index contributed by atoms with van der Waals surface area (Å²) in [5.74, 6) is 1.01. The Morgan fingerprint density at radius 3 is 1.40 bits per heavy atom. The second kappa shape index (κ2) is 14.6. The smallest absolute Gasteiger partial charge is 0.394 e. The van der Waals surface area contributed by atoms with Gasteiger partial charge in [-0.3, -0.25) is 9.11 Å². The van der Waals surface area contributed by atoms with Crippen molar-refractivity contribution in [2.24, 2.45) is 0 Å². The normalized spacial score (nSPS) is 12.8. The molecule has 0 saturated heterocycles. The van der Waals surface area contributed by atoms with Crippen LogP contribution >= 0.6 is 0 Å². The van der Waals surface area contributed by atoms with Crippen molar-refractivity contribution in [3.05, 3.63) is 131 Å². The van der Waals surface area contributed by atoms with Crippen LogP contribution in [0.5, 0.6) is 34.5 Å². The Balaban J connectivity index is 0.000000185. The SMILES string of the molecule is CNc1ccc(O)cc1.CNc1ccc(O)cc1.O=C1OC2(c3ccc(O)cc3Oc3cc(O)ccc32)c2ccccc21.O=S(=O)(O)O. The molecule has 0 saturated carbocycles. The molecule has 5 aromatic rings. The Kier molecular flexibility index (Phi) is 10.6. The summed E-state index contributed by atoms with van der Waals surface area (Å²) in [6.45, 7) is 0. The molecule has 250 valence electrons. The van der Waals surface area contributed by atoms with Crippen molar-refractivity contribution in [2.75, 3.05) is 24.7 Å². The first-order valence-corrected chi connectivity index (χ1v) is 15.5. The lowest BCUT2D eigenvalue weighted by atomic mass is 9.77. The van der Waals surface area contributed by atoms with E-state index >= 15 is 0 Å². The van der Waals surface area contributed by atoms with Crippen molar-refractivity contribution in [1.29, 1.82) is 0 Å². The maximum atomic E-state index is 12.5. The Morgan fingerprint density at radius 2 is 0.979 bits per heavy atom. The molecule has 14 heteroatoms. The lowest BCUT2D eigenvalue weighted by Gasteiger charge is -2.36. The highest BCUT2D eigenvalue weighted by Gasteiger charge is 2.53. The molecule has 0 aromatic heterocycles. The molecular weight excluding hydrogens is 644 g/mol. The lowest BCUT2D eigenvalue weighted by Crippen LogP contribution is -2.32. The first-order chi connectivity index (χ1) is 22.7. The number of fused-ring (bicyclic) bond motifs is 6. The average molecular weight is 677 g/mol. The van der Waals surface area contributed by atoms with E-state index in [-0.39, 0.29) is 11.5 Å². The van der Waals surface area contributed by atoms with Gasteiger partial charge in [-0.25, -0.2) is 4.79 Å². The minimum absolute atomic E-state index is 0.0371. The van der Waals surface area contributed by atoms with E-state index in [0.717, 1.165) is 11.4 Å². The first-order valence-electron chi connectivity index (χ1n) is 14.1. The monoisotopic (exact) mass is 676 g/mol. The Bertz CT molecular complexity index is 1890. The Hall–Kier alpha value is -5.96. The zero-order valence-corrected chi connectivity index (χ0v) is 26.3. The summed E-state index contributed by atoms with van der Waals surface area (Å²) in [4.78, 5) is 12.5. The number of esters is 1. The third-order valence-corrected chi connectivity index (χ3v) is 6.99. The molecule has 0 atom stereocenters. The fraction of sp³-hybridized carbons (Fsp3) is 0.0882. The molecule has 8 N–H and O–H groups in total. The van der Waals surface area contributed by atoms with Crippen LogP contribution < -0.4 is 15.4 Å². The van der Waals surface area contributed by atoms with E-state index in [1.165, 1.54) is 24.3 Å². The first kappa shape index (κ1) is 34.9.